The summed E-state index contributed by atoms with van der Waals surface area (Å²) >= 11 is 0. The molecule has 0 bridgehead atoms. The molecule has 1 aliphatic rings. The van der Waals surface area contributed by atoms with Crippen LogP contribution in [0.2, 0.25) is 0 Å². The van der Waals surface area contributed by atoms with E-state index in [0.29, 0.717) is 31.3 Å². The Morgan fingerprint density at radius 1 is 1.03 bits per heavy atom. The molecular weight excluding hydrogens is 372 g/mol. The summed E-state index contributed by atoms with van der Waals surface area (Å²) < 4.78 is 0. The average Bonchev–Trinajstić information content (AvgIpc) is 2.85. The highest BCUT2D eigenvalue weighted by molar-refractivity contribution is 6.03. The Morgan fingerprint density at radius 2 is 1.59 bits per heavy atom. The van der Waals surface area contributed by atoms with Gasteiger partial charge < -0.3 is 10.4 Å². The molecule has 0 aliphatic carbocycles. The Morgan fingerprint density at radius 3 is 1.93 bits per heavy atom. The smallest absolute Gasteiger partial charge is 0.304 e. The van der Waals surface area contributed by atoms with Gasteiger partial charge in [0, 0.05) is 25.4 Å². The zero-order valence-electron chi connectivity index (χ0n) is 19.3. The van der Waals surface area contributed by atoms with Crippen LogP contribution < -0.4 is 5.32 Å². The molecule has 7 heteroatoms. The first kappa shape index (κ1) is 27.1. The van der Waals surface area contributed by atoms with Crippen molar-refractivity contribution < 1.29 is 24.3 Å². The normalized spacial score (nSPS) is 17.8. The van der Waals surface area contributed by atoms with E-state index in [1.807, 2.05) is 55.4 Å². The van der Waals surface area contributed by atoms with Gasteiger partial charge in [0.1, 0.15) is 0 Å². The minimum absolute atomic E-state index is 0.00222. The predicted molar refractivity (Wildman–Crippen MR) is 113 cm³/mol. The summed E-state index contributed by atoms with van der Waals surface area (Å²) in [5.74, 6) is -0.504. The molecule has 0 aromatic carbocycles. The van der Waals surface area contributed by atoms with E-state index in [1.165, 1.54) is 4.90 Å². The molecule has 168 valence electrons. The fourth-order valence-corrected chi connectivity index (χ4v) is 3.04. The highest BCUT2D eigenvalue weighted by Gasteiger charge is 2.39. The van der Waals surface area contributed by atoms with E-state index < -0.39 is 11.9 Å². The number of aliphatic carboxylic acids is 1. The van der Waals surface area contributed by atoms with Crippen LogP contribution in [0.4, 0.5) is 0 Å². The van der Waals surface area contributed by atoms with Crippen LogP contribution in [0.3, 0.4) is 0 Å². The first-order valence-corrected chi connectivity index (χ1v) is 10.6. The third kappa shape index (κ3) is 9.90. The highest BCUT2D eigenvalue weighted by atomic mass is 16.4. The van der Waals surface area contributed by atoms with E-state index >= 15 is 0 Å². The number of carbonyl (C=O) groups is 4. The van der Waals surface area contributed by atoms with Crippen molar-refractivity contribution in [2.24, 2.45) is 35.5 Å². The quantitative estimate of drug-likeness (QED) is 0.566. The molecule has 0 radical (unpaired) electrons. The lowest BCUT2D eigenvalue weighted by Gasteiger charge is -2.19. The van der Waals surface area contributed by atoms with E-state index in [4.69, 9.17) is 5.11 Å². The lowest BCUT2D eigenvalue weighted by Crippen LogP contribution is -2.36. The van der Waals surface area contributed by atoms with Gasteiger partial charge in [0.05, 0.1) is 12.3 Å². The van der Waals surface area contributed by atoms with Gasteiger partial charge in [-0.25, -0.2) is 0 Å². The number of likely N-dealkylation sites (tertiary alicyclic amines) is 1. The Balaban J connectivity index is 0.000000541. The Kier molecular flexibility index (Phi) is 11.8. The Bertz CT molecular complexity index is 570. The lowest BCUT2D eigenvalue weighted by atomic mass is 9.91. The maximum absolute atomic E-state index is 11.8. The molecule has 7 nitrogen and oxygen atoms in total. The maximum Gasteiger partial charge on any atom is 0.304 e. The van der Waals surface area contributed by atoms with Gasteiger partial charge in [-0.3, -0.25) is 24.1 Å². The van der Waals surface area contributed by atoms with Crippen LogP contribution in [0.5, 0.6) is 0 Å². The highest BCUT2D eigenvalue weighted by Crippen LogP contribution is 2.26. The van der Waals surface area contributed by atoms with Crippen LogP contribution >= 0.6 is 0 Å². The fraction of sp³-hybridized carbons (Fsp3) is 0.818. The zero-order chi connectivity index (χ0) is 22.9. The fourth-order valence-electron chi connectivity index (χ4n) is 3.04. The second-order valence-corrected chi connectivity index (χ2v) is 9.38. The van der Waals surface area contributed by atoms with Gasteiger partial charge in [-0.1, -0.05) is 55.4 Å². The minimum atomic E-state index is -0.923. The van der Waals surface area contributed by atoms with Gasteiger partial charge in [-0.15, -0.1) is 0 Å². The largest absolute Gasteiger partial charge is 0.481 e. The van der Waals surface area contributed by atoms with Crippen LogP contribution in [0.25, 0.3) is 0 Å². The minimum Gasteiger partial charge on any atom is -0.481 e. The standard InChI is InChI=1S/C11H21NO3.C11H19NO2/c1-7(2)6-12-11(15)9(8(3)4)5-10(13)14;1-7(2)6-12-10(13)5-9(8(3)4)11(12)14/h7-9H,5-6H2,1-4H3,(H,12,15)(H,13,14);7-9H,5-6H2,1-4H3. The average molecular weight is 413 g/mol. The molecule has 2 N–H and O–H groups in total. The van der Waals surface area contributed by atoms with Gasteiger partial charge >= 0.3 is 5.97 Å². The molecule has 29 heavy (non-hydrogen) atoms. The molecule has 1 fully saturated rings. The molecule has 0 spiro atoms. The predicted octanol–water partition coefficient (Wildman–Crippen LogP) is 3.18. The molecule has 0 aromatic heterocycles. The van der Waals surface area contributed by atoms with Crippen LogP contribution in [0.15, 0.2) is 0 Å². The summed E-state index contributed by atoms with van der Waals surface area (Å²) in [6, 6.07) is 0. The van der Waals surface area contributed by atoms with Crippen molar-refractivity contribution >= 4 is 23.7 Å². The number of rotatable bonds is 9. The number of nitrogens with zero attached hydrogens (tertiary/aromatic N) is 1. The lowest BCUT2D eigenvalue weighted by molar-refractivity contribution is -0.142. The summed E-state index contributed by atoms with van der Waals surface area (Å²) in [6.07, 6.45) is 0.310. The van der Waals surface area contributed by atoms with Crippen molar-refractivity contribution in [1.29, 1.82) is 0 Å². The summed E-state index contributed by atoms with van der Waals surface area (Å²) in [4.78, 5) is 47.0. The zero-order valence-corrected chi connectivity index (χ0v) is 19.3. The number of nitrogens with one attached hydrogen (secondary N) is 1. The van der Waals surface area contributed by atoms with Crippen molar-refractivity contribution in [2.45, 2.75) is 68.2 Å². The molecule has 2 unspecified atom stereocenters. The first-order valence-electron chi connectivity index (χ1n) is 10.6. The number of hydrogen-bond acceptors (Lipinski definition) is 4. The molecule has 2 atom stereocenters. The molecule has 1 heterocycles. The van der Waals surface area contributed by atoms with Crippen molar-refractivity contribution in [3.63, 3.8) is 0 Å². The number of imide groups is 1. The topological polar surface area (TPSA) is 104 Å². The van der Waals surface area contributed by atoms with Crippen molar-refractivity contribution in [2.75, 3.05) is 13.1 Å². The van der Waals surface area contributed by atoms with Crippen molar-refractivity contribution in [3.05, 3.63) is 0 Å². The van der Waals surface area contributed by atoms with E-state index in [-0.39, 0.29) is 41.9 Å². The van der Waals surface area contributed by atoms with Gasteiger partial charge in [0.2, 0.25) is 17.7 Å². The number of carboxylic acids is 1. The van der Waals surface area contributed by atoms with E-state index in [1.54, 1.807) is 0 Å². The number of carbonyl (C=O) groups excluding carboxylic acids is 3. The molecule has 1 saturated heterocycles. The Hall–Kier alpha value is -1.92. The van der Waals surface area contributed by atoms with Crippen molar-refractivity contribution in [1.82, 2.24) is 10.2 Å². The van der Waals surface area contributed by atoms with Gasteiger partial charge in [0.25, 0.3) is 0 Å². The summed E-state index contributed by atoms with van der Waals surface area (Å²) in [7, 11) is 0. The number of hydrogen-bond donors (Lipinski definition) is 2. The van der Waals surface area contributed by atoms with Gasteiger partial charge in [-0.2, -0.15) is 0 Å². The summed E-state index contributed by atoms with van der Waals surface area (Å²) in [6.45, 7) is 16.9. The monoisotopic (exact) mass is 412 g/mol. The maximum atomic E-state index is 11.8. The van der Waals surface area contributed by atoms with E-state index in [0.717, 1.165) is 0 Å². The van der Waals surface area contributed by atoms with E-state index in [2.05, 4.69) is 5.32 Å². The second kappa shape index (κ2) is 12.6. The summed E-state index contributed by atoms with van der Waals surface area (Å²) in [5, 5.41) is 11.4. The van der Waals surface area contributed by atoms with Crippen molar-refractivity contribution in [3.8, 4) is 0 Å². The number of amides is 3. The van der Waals surface area contributed by atoms with Crippen LogP contribution in [0, 0.1) is 35.5 Å². The SMILES string of the molecule is CC(C)CN1C(=O)CC(C(C)C)C1=O.CC(C)CNC(=O)C(CC(=O)O)C(C)C. The molecule has 0 aromatic rings. The molecule has 0 saturated carbocycles. The molecular formula is C22H40N2O5. The van der Waals surface area contributed by atoms with Crippen LogP contribution in [-0.2, 0) is 19.2 Å². The van der Waals surface area contributed by atoms with Gasteiger partial charge in [0.15, 0.2) is 0 Å². The molecule has 1 aliphatic heterocycles. The van der Waals surface area contributed by atoms with Crippen LogP contribution in [-0.4, -0.2) is 46.8 Å². The first-order chi connectivity index (χ1) is 13.3. The third-order valence-electron chi connectivity index (χ3n) is 4.85. The Labute approximate surface area is 175 Å². The van der Waals surface area contributed by atoms with Gasteiger partial charge in [-0.05, 0) is 23.7 Å². The van der Waals surface area contributed by atoms with Crippen LogP contribution in [0.1, 0.15) is 68.2 Å². The summed E-state index contributed by atoms with van der Waals surface area (Å²) in [5.41, 5.74) is 0. The van der Waals surface area contributed by atoms with E-state index in [9.17, 15) is 19.2 Å². The molecule has 1 rings (SSSR count). The number of carboxylic acid groups (broad SMARTS) is 1. The second-order valence-electron chi connectivity index (χ2n) is 9.38. The molecule has 3 amide bonds. The third-order valence-corrected chi connectivity index (χ3v) is 4.85.